The lowest BCUT2D eigenvalue weighted by atomic mass is 9.81. The molecule has 2 heterocycles. The molecule has 0 bridgehead atoms. The van der Waals surface area contributed by atoms with Crippen LogP contribution in [0.25, 0.3) is 10.2 Å². The quantitative estimate of drug-likeness (QED) is 0.245. The molecule has 1 amide bonds. The number of amides is 1. The summed E-state index contributed by atoms with van der Waals surface area (Å²) in [6.45, 7) is 10.6. The van der Waals surface area contributed by atoms with Crippen LogP contribution in [-0.2, 0) is 20.8 Å². The third-order valence-electron chi connectivity index (χ3n) is 8.82. The number of fused-ring (bicyclic) bond motifs is 1. The average molecular weight is 615 g/mol. The number of nitrogens with one attached hydrogen (secondary N) is 1. The first-order valence-corrected chi connectivity index (χ1v) is 16.9. The smallest absolute Gasteiger partial charge is 0.224 e. The van der Waals surface area contributed by atoms with Gasteiger partial charge in [0.15, 0.2) is 5.78 Å². The van der Waals surface area contributed by atoms with Gasteiger partial charge in [0.2, 0.25) is 5.91 Å². The maximum Gasteiger partial charge on any atom is 0.224 e. The summed E-state index contributed by atoms with van der Waals surface area (Å²) in [6.07, 6.45) is 8.45. The van der Waals surface area contributed by atoms with Crippen LogP contribution in [0.15, 0.2) is 30.4 Å². The lowest BCUT2D eigenvalue weighted by Crippen LogP contribution is -2.46. The zero-order valence-electron chi connectivity index (χ0n) is 25.3. The van der Waals surface area contributed by atoms with Crippen LogP contribution in [0.1, 0.15) is 76.1 Å². The van der Waals surface area contributed by atoms with E-state index in [1.165, 1.54) is 17.8 Å². The predicted octanol–water partition coefficient (Wildman–Crippen LogP) is 6.09. The second-order valence-electron chi connectivity index (χ2n) is 12.3. The number of thiazole rings is 1. The van der Waals surface area contributed by atoms with E-state index in [0.29, 0.717) is 48.7 Å². The Balaban J connectivity index is 1.42. The van der Waals surface area contributed by atoms with E-state index in [2.05, 4.69) is 28.7 Å². The Morgan fingerprint density at radius 1 is 1.12 bits per heavy atom. The van der Waals surface area contributed by atoms with Crippen LogP contribution < -0.4 is 5.32 Å². The zero-order chi connectivity index (χ0) is 30.1. The number of carbonyl (C=O) groups is 3. The summed E-state index contributed by atoms with van der Waals surface area (Å²) in [5.41, 5.74) is 1.51. The number of aromatic nitrogens is 1. The van der Waals surface area contributed by atoms with Crippen molar-refractivity contribution < 1.29 is 14.4 Å². The summed E-state index contributed by atoms with van der Waals surface area (Å²) < 4.78 is 0.979. The van der Waals surface area contributed by atoms with Crippen LogP contribution in [0.5, 0.6) is 0 Å². The van der Waals surface area contributed by atoms with Gasteiger partial charge in [-0.05, 0) is 56.8 Å². The standard InChI is InChI=1S/C33H47ClN4O3S/c1-4-8-27(39)19-25(20-32-35-29-12-11-26(34)21-31(29)42-32)33(41)36-28(24-9-6-5-7-10-24)13-14-30(40)23(2)22-38-17-15-37(3)16-18-38/h11-12,21,24-25,28H,2,4-10,13-20,22H2,1,3H3,(H,36,41)/t25-,28+/m0/s1. The van der Waals surface area contributed by atoms with Gasteiger partial charge in [0.25, 0.3) is 0 Å². The number of Topliss-reactive ketones (excluding diaryl/α,β-unsaturated/α-hetero) is 2. The fourth-order valence-electron chi connectivity index (χ4n) is 6.25. The van der Waals surface area contributed by atoms with Gasteiger partial charge in [-0.25, -0.2) is 4.98 Å². The number of carbonyl (C=O) groups excluding carboxylic acids is 3. The molecule has 1 aromatic carbocycles. The zero-order valence-corrected chi connectivity index (χ0v) is 26.9. The number of nitrogens with zero attached hydrogens (tertiary/aromatic N) is 3. The Morgan fingerprint density at radius 2 is 1.86 bits per heavy atom. The van der Waals surface area contributed by atoms with E-state index in [1.807, 2.05) is 25.1 Å². The molecule has 2 fully saturated rings. The molecule has 1 saturated carbocycles. The van der Waals surface area contributed by atoms with Crippen LogP contribution in [0.3, 0.4) is 0 Å². The van der Waals surface area contributed by atoms with Crippen molar-refractivity contribution in [2.45, 2.75) is 83.6 Å². The second-order valence-corrected chi connectivity index (χ2v) is 13.8. The van der Waals surface area contributed by atoms with Gasteiger partial charge in [0, 0.05) is 75.0 Å². The summed E-state index contributed by atoms with van der Waals surface area (Å²) in [6, 6.07) is 5.51. The minimum atomic E-state index is -0.492. The highest BCUT2D eigenvalue weighted by molar-refractivity contribution is 7.18. The van der Waals surface area contributed by atoms with E-state index in [4.69, 9.17) is 16.6 Å². The van der Waals surface area contributed by atoms with E-state index in [-0.39, 0.29) is 29.9 Å². The van der Waals surface area contributed by atoms with Gasteiger partial charge in [-0.3, -0.25) is 19.3 Å². The first kappa shape index (κ1) is 32.8. The number of hydrogen-bond donors (Lipinski definition) is 1. The lowest BCUT2D eigenvalue weighted by molar-refractivity contribution is -0.130. The molecule has 1 N–H and O–H groups in total. The minimum absolute atomic E-state index is 0.0869. The van der Waals surface area contributed by atoms with Crippen molar-refractivity contribution in [2.24, 2.45) is 11.8 Å². The molecule has 1 aliphatic carbocycles. The van der Waals surface area contributed by atoms with Gasteiger partial charge in [0.05, 0.1) is 21.1 Å². The molecule has 0 radical (unpaired) electrons. The van der Waals surface area contributed by atoms with Gasteiger partial charge in [-0.2, -0.15) is 0 Å². The van der Waals surface area contributed by atoms with Crippen LogP contribution in [0, 0.1) is 11.8 Å². The van der Waals surface area contributed by atoms with E-state index in [0.717, 1.165) is 73.5 Å². The van der Waals surface area contributed by atoms with E-state index in [1.54, 1.807) is 0 Å². The Kier molecular flexibility index (Phi) is 12.6. The topological polar surface area (TPSA) is 82.6 Å². The Bertz CT molecular complexity index is 1230. The normalized spacial score (nSPS) is 18.5. The number of piperazine rings is 1. The molecular weight excluding hydrogens is 568 g/mol. The molecule has 2 aliphatic rings. The number of ketones is 2. The molecule has 42 heavy (non-hydrogen) atoms. The van der Waals surface area contributed by atoms with Crippen molar-refractivity contribution >= 4 is 50.6 Å². The molecule has 2 aromatic rings. The SMILES string of the molecule is C=C(CN1CCN(C)CC1)C(=O)CC[C@@H](NC(=O)[C@@H](CC(=O)CCC)Cc1nc2ccc(Cl)cc2s1)C1CCCCC1. The predicted molar refractivity (Wildman–Crippen MR) is 172 cm³/mol. The number of rotatable bonds is 15. The van der Waals surface area contributed by atoms with Crippen molar-refractivity contribution in [1.82, 2.24) is 20.1 Å². The summed E-state index contributed by atoms with van der Waals surface area (Å²) >= 11 is 7.71. The number of halogens is 1. The number of benzene rings is 1. The molecule has 1 aliphatic heterocycles. The Labute approximate surface area is 260 Å². The molecule has 1 saturated heterocycles. The summed E-state index contributed by atoms with van der Waals surface area (Å²) in [7, 11) is 2.12. The third kappa shape index (κ3) is 9.69. The highest BCUT2D eigenvalue weighted by Crippen LogP contribution is 2.31. The monoisotopic (exact) mass is 614 g/mol. The van der Waals surface area contributed by atoms with Crippen LogP contribution in [0.2, 0.25) is 5.02 Å². The maximum atomic E-state index is 13.9. The molecule has 230 valence electrons. The molecule has 7 nitrogen and oxygen atoms in total. The molecular formula is C33H47ClN4O3S. The highest BCUT2D eigenvalue weighted by atomic mass is 35.5. The average Bonchev–Trinajstić information content (AvgIpc) is 3.37. The molecule has 9 heteroatoms. The van der Waals surface area contributed by atoms with Crippen LogP contribution >= 0.6 is 22.9 Å². The van der Waals surface area contributed by atoms with Crippen molar-refractivity contribution in [3.63, 3.8) is 0 Å². The van der Waals surface area contributed by atoms with Gasteiger partial charge >= 0.3 is 0 Å². The van der Waals surface area contributed by atoms with Gasteiger partial charge in [-0.15, -0.1) is 11.3 Å². The van der Waals surface area contributed by atoms with Gasteiger partial charge in [0.1, 0.15) is 5.78 Å². The highest BCUT2D eigenvalue weighted by Gasteiger charge is 2.30. The number of likely N-dealkylation sites (N-methyl/N-ethyl adjacent to an activating group) is 1. The van der Waals surface area contributed by atoms with Gasteiger partial charge in [-0.1, -0.05) is 44.4 Å². The van der Waals surface area contributed by atoms with Crippen molar-refractivity contribution in [1.29, 1.82) is 0 Å². The maximum absolute atomic E-state index is 13.9. The summed E-state index contributed by atoms with van der Waals surface area (Å²) in [4.78, 5) is 49.1. The Hall–Kier alpha value is -2.13. The van der Waals surface area contributed by atoms with E-state index >= 15 is 0 Å². The van der Waals surface area contributed by atoms with E-state index < -0.39 is 5.92 Å². The van der Waals surface area contributed by atoms with Gasteiger partial charge < -0.3 is 10.2 Å². The van der Waals surface area contributed by atoms with Crippen LogP contribution in [0.4, 0.5) is 0 Å². The van der Waals surface area contributed by atoms with Crippen molar-refractivity contribution in [2.75, 3.05) is 39.8 Å². The second kappa shape index (κ2) is 16.1. The third-order valence-corrected chi connectivity index (χ3v) is 10.1. The molecule has 0 unspecified atom stereocenters. The first-order chi connectivity index (χ1) is 20.2. The number of hydrogen-bond acceptors (Lipinski definition) is 7. The van der Waals surface area contributed by atoms with Crippen molar-refractivity contribution in [3.05, 3.63) is 40.4 Å². The molecule has 2 atom stereocenters. The minimum Gasteiger partial charge on any atom is -0.353 e. The summed E-state index contributed by atoms with van der Waals surface area (Å²) in [5.74, 6) is -0.0544. The van der Waals surface area contributed by atoms with Crippen LogP contribution in [-0.4, -0.2) is 78.1 Å². The van der Waals surface area contributed by atoms with E-state index in [9.17, 15) is 14.4 Å². The first-order valence-electron chi connectivity index (χ1n) is 15.7. The fourth-order valence-corrected chi connectivity index (χ4v) is 7.57. The largest absolute Gasteiger partial charge is 0.353 e. The molecule has 4 rings (SSSR count). The molecule has 1 aromatic heterocycles. The van der Waals surface area contributed by atoms with Crippen molar-refractivity contribution in [3.8, 4) is 0 Å². The fraction of sp³-hybridized carbons (Fsp3) is 0.636. The molecule has 0 spiro atoms. The summed E-state index contributed by atoms with van der Waals surface area (Å²) in [5, 5.41) is 4.83. The Morgan fingerprint density at radius 3 is 2.57 bits per heavy atom. The lowest BCUT2D eigenvalue weighted by Gasteiger charge is -2.33.